The molecule has 2 N–H and O–H groups in total. The molecule has 0 aliphatic rings. The number of ether oxygens (including phenoxy) is 1. The van der Waals surface area contributed by atoms with Crippen LogP contribution in [0.25, 0.3) is 0 Å². The van der Waals surface area contributed by atoms with Gasteiger partial charge < -0.3 is 15.2 Å². The first kappa shape index (κ1) is 17.1. The molecule has 3 nitrogen and oxygen atoms in total. The van der Waals surface area contributed by atoms with Gasteiger partial charge in [-0.25, -0.2) is 0 Å². The predicted octanol–water partition coefficient (Wildman–Crippen LogP) is 4.04. The van der Waals surface area contributed by atoms with E-state index >= 15 is 0 Å². The fourth-order valence-corrected chi connectivity index (χ4v) is 2.50. The first-order chi connectivity index (χ1) is 10.6. The Morgan fingerprint density at radius 1 is 1.14 bits per heavy atom. The second-order valence-electron chi connectivity index (χ2n) is 5.12. The molecule has 2 aromatic carbocycles. The second-order valence-corrected chi connectivity index (χ2v) is 5.93. The van der Waals surface area contributed by atoms with Crippen LogP contribution in [0.4, 0.5) is 0 Å². The van der Waals surface area contributed by atoms with Gasteiger partial charge in [-0.2, -0.15) is 0 Å². The highest BCUT2D eigenvalue weighted by atomic mass is 35.5. The number of aliphatic hydroxyl groups is 1. The first-order valence-corrected chi connectivity index (χ1v) is 7.85. The highest BCUT2D eigenvalue weighted by Crippen LogP contribution is 2.26. The molecule has 5 heteroatoms. The summed E-state index contributed by atoms with van der Waals surface area (Å²) in [5.74, 6) is 0.757. The number of hydrogen-bond acceptors (Lipinski definition) is 3. The zero-order valence-corrected chi connectivity index (χ0v) is 13.9. The van der Waals surface area contributed by atoms with Crippen LogP contribution in [0.1, 0.15) is 18.1 Å². The van der Waals surface area contributed by atoms with Crippen molar-refractivity contribution < 1.29 is 9.84 Å². The minimum atomic E-state index is -0.359. The maximum absolute atomic E-state index is 9.24. The summed E-state index contributed by atoms with van der Waals surface area (Å²) in [5.41, 5.74) is 1.87. The third-order valence-electron chi connectivity index (χ3n) is 3.11. The van der Waals surface area contributed by atoms with Gasteiger partial charge in [-0.15, -0.1) is 0 Å². The molecule has 0 saturated heterocycles. The molecule has 1 atom stereocenters. The van der Waals surface area contributed by atoms with Gasteiger partial charge in [-0.05, 0) is 36.8 Å². The van der Waals surface area contributed by atoms with Crippen molar-refractivity contribution >= 4 is 23.2 Å². The minimum Gasteiger partial charge on any atom is -0.489 e. The van der Waals surface area contributed by atoms with E-state index in [1.165, 1.54) is 0 Å². The molecule has 0 aromatic heterocycles. The smallest absolute Gasteiger partial charge is 0.120 e. The number of rotatable bonds is 7. The molecule has 2 aromatic rings. The number of benzene rings is 2. The Morgan fingerprint density at radius 3 is 2.50 bits per heavy atom. The fraction of sp³-hybridized carbons (Fsp3) is 0.294. The summed E-state index contributed by atoms with van der Waals surface area (Å²) in [7, 11) is 0. The van der Waals surface area contributed by atoms with Crippen LogP contribution in [-0.2, 0) is 13.2 Å². The lowest BCUT2D eigenvalue weighted by Gasteiger charge is -2.11. The van der Waals surface area contributed by atoms with Crippen LogP contribution in [-0.4, -0.2) is 17.8 Å². The topological polar surface area (TPSA) is 41.5 Å². The Labute approximate surface area is 140 Å². The van der Waals surface area contributed by atoms with Crippen molar-refractivity contribution in [3.63, 3.8) is 0 Å². The summed E-state index contributed by atoms with van der Waals surface area (Å²) in [6.45, 7) is 3.30. The van der Waals surface area contributed by atoms with Gasteiger partial charge in [0.05, 0.1) is 6.10 Å². The van der Waals surface area contributed by atoms with Crippen molar-refractivity contribution in [1.82, 2.24) is 5.32 Å². The first-order valence-electron chi connectivity index (χ1n) is 7.09. The average molecular weight is 340 g/mol. The molecule has 0 saturated carbocycles. The second kappa shape index (κ2) is 8.39. The molecule has 22 heavy (non-hydrogen) atoms. The number of nitrogens with one attached hydrogen (secondary N) is 1. The van der Waals surface area contributed by atoms with Crippen molar-refractivity contribution in [2.75, 3.05) is 6.54 Å². The molecule has 0 amide bonds. The van der Waals surface area contributed by atoms with Gasteiger partial charge in [-0.3, -0.25) is 0 Å². The standard InChI is InChI=1S/C17H19Cl2NO2/c1-12(21)9-20-10-13-4-2-5-14(8-13)22-11-15-16(18)6-3-7-17(15)19/h2-8,12,20-21H,9-11H2,1H3. The van der Waals surface area contributed by atoms with Gasteiger partial charge in [0, 0.05) is 28.7 Å². The van der Waals surface area contributed by atoms with E-state index in [1.807, 2.05) is 30.3 Å². The van der Waals surface area contributed by atoms with Crippen LogP contribution in [0.15, 0.2) is 42.5 Å². The zero-order chi connectivity index (χ0) is 15.9. The molecule has 2 rings (SSSR count). The Hall–Kier alpha value is -1.26. The molecule has 1 unspecified atom stereocenters. The van der Waals surface area contributed by atoms with Crippen molar-refractivity contribution in [2.24, 2.45) is 0 Å². The van der Waals surface area contributed by atoms with E-state index in [0.29, 0.717) is 29.7 Å². The molecule has 0 radical (unpaired) electrons. The zero-order valence-electron chi connectivity index (χ0n) is 12.4. The quantitative estimate of drug-likeness (QED) is 0.799. The van der Waals surface area contributed by atoms with E-state index in [1.54, 1.807) is 19.1 Å². The van der Waals surface area contributed by atoms with Crippen LogP contribution in [0, 0.1) is 0 Å². The molecule has 0 fully saturated rings. The molecule has 0 heterocycles. The van der Waals surface area contributed by atoms with Crippen LogP contribution < -0.4 is 10.1 Å². The lowest BCUT2D eigenvalue weighted by molar-refractivity contribution is 0.191. The number of hydrogen-bond donors (Lipinski definition) is 2. The van der Waals surface area contributed by atoms with E-state index in [2.05, 4.69) is 5.32 Å². The van der Waals surface area contributed by atoms with Gasteiger partial charge in [-0.1, -0.05) is 41.4 Å². The highest BCUT2D eigenvalue weighted by Gasteiger charge is 2.06. The summed E-state index contributed by atoms with van der Waals surface area (Å²) < 4.78 is 5.78. The Kier molecular flexibility index (Phi) is 6.52. The van der Waals surface area contributed by atoms with E-state index in [4.69, 9.17) is 27.9 Å². The lowest BCUT2D eigenvalue weighted by atomic mass is 10.2. The van der Waals surface area contributed by atoms with E-state index in [-0.39, 0.29) is 6.10 Å². The normalized spacial score (nSPS) is 12.2. The van der Waals surface area contributed by atoms with Gasteiger partial charge in [0.15, 0.2) is 0 Å². The largest absolute Gasteiger partial charge is 0.489 e. The highest BCUT2D eigenvalue weighted by molar-refractivity contribution is 6.35. The summed E-state index contributed by atoms with van der Waals surface area (Å²) in [4.78, 5) is 0. The van der Waals surface area contributed by atoms with Crippen LogP contribution in [0.3, 0.4) is 0 Å². The average Bonchev–Trinajstić information content (AvgIpc) is 2.47. The summed E-state index contributed by atoms with van der Waals surface area (Å²) >= 11 is 12.3. The van der Waals surface area contributed by atoms with Crippen LogP contribution >= 0.6 is 23.2 Å². The summed E-state index contributed by atoms with van der Waals surface area (Å²) in [6, 6.07) is 13.2. The molecule has 0 bridgehead atoms. The maximum atomic E-state index is 9.24. The third-order valence-corrected chi connectivity index (χ3v) is 3.82. The van der Waals surface area contributed by atoms with Gasteiger partial charge >= 0.3 is 0 Å². The Bertz CT molecular complexity index is 597. The van der Waals surface area contributed by atoms with Crippen molar-refractivity contribution in [3.8, 4) is 5.75 Å². The van der Waals surface area contributed by atoms with Crippen molar-refractivity contribution in [3.05, 3.63) is 63.6 Å². The molecule has 0 spiro atoms. The molecule has 118 valence electrons. The lowest BCUT2D eigenvalue weighted by Crippen LogP contribution is -2.23. The third kappa shape index (κ3) is 5.18. The summed E-state index contributed by atoms with van der Waals surface area (Å²) in [5, 5.41) is 13.6. The Balaban J connectivity index is 1.96. The summed E-state index contributed by atoms with van der Waals surface area (Å²) in [6.07, 6.45) is -0.359. The minimum absolute atomic E-state index is 0.322. The van der Waals surface area contributed by atoms with Gasteiger partial charge in [0.25, 0.3) is 0 Å². The van der Waals surface area contributed by atoms with Gasteiger partial charge in [0.1, 0.15) is 12.4 Å². The fourth-order valence-electron chi connectivity index (χ4n) is 2.00. The van der Waals surface area contributed by atoms with E-state index in [9.17, 15) is 5.11 Å². The molecular formula is C17H19Cl2NO2. The number of halogens is 2. The monoisotopic (exact) mass is 339 g/mol. The van der Waals surface area contributed by atoms with Crippen LogP contribution in [0.2, 0.25) is 10.0 Å². The Morgan fingerprint density at radius 2 is 1.82 bits per heavy atom. The predicted molar refractivity (Wildman–Crippen MR) is 90.6 cm³/mol. The van der Waals surface area contributed by atoms with E-state index < -0.39 is 0 Å². The molecule has 0 aliphatic heterocycles. The van der Waals surface area contributed by atoms with Crippen molar-refractivity contribution in [1.29, 1.82) is 0 Å². The van der Waals surface area contributed by atoms with Crippen LogP contribution in [0.5, 0.6) is 5.75 Å². The van der Waals surface area contributed by atoms with Crippen molar-refractivity contribution in [2.45, 2.75) is 26.2 Å². The maximum Gasteiger partial charge on any atom is 0.120 e. The number of aliphatic hydroxyl groups excluding tert-OH is 1. The molecule has 0 aliphatic carbocycles. The van der Waals surface area contributed by atoms with Gasteiger partial charge in [0.2, 0.25) is 0 Å². The SMILES string of the molecule is CC(O)CNCc1cccc(OCc2c(Cl)cccc2Cl)c1. The molecular weight excluding hydrogens is 321 g/mol. The van der Waals surface area contributed by atoms with E-state index in [0.717, 1.165) is 16.9 Å².